The normalized spacial score (nSPS) is 13.2. The molecule has 0 saturated carbocycles. The molecule has 1 unspecified atom stereocenters. The van der Waals surface area contributed by atoms with Crippen molar-refractivity contribution in [2.24, 2.45) is 0 Å². The molecule has 0 bridgehead atoms. The molecule has 0 spiro atoms. The summed E-state index contributed by atoms with van der Waals surface area (Å²) in [5.74, 6) is 1.54. The maximum atomic E-state index is 12.6. The number of nitrogens with one attached hydrogen (secondary N) is 1. The zero-order valence-corrected chi connectivity index (χ0v) is 14.9. The molecule has 0 aromatic heterocycles. The molecular weight excluding hydrogens is 338 g/mol. The highest BCUT2D eigenvalue weighted by Gasteiger charge is 2.18. The Kier molecular flexibility index (Phi) is 5.06. The Labute approximate surface area is 158 Å². The van der Waals surface area contributed by atoms with Crippen LogP contribution in [-0.2, 0) is 17.6 Å². The molecule has 1 aliphatic heterocycles. The van der Waals surface area contributed by atoms with Crippen LogP contribution in [0.1, 0.15) is 22.7 Å². The van der Waals surface area contributed by atoms with Gasteiger partial charge in [0, 0.05) is 0 Å². The number of benzene rings is 3. The van der Waals surface area contributed by atoms with Gasteiger partial charge in [-0.15, -0.1) is 0 Å². The van der Waals surface area contributed by atoms with E-state index in [0.29, 0.717) is 12.8 Å². The van der Waals surface area contributed by atoms with E-state index in [1.165, 1.54) is 0 Å². The molecule has 0 fully saturated rings. The standard InChI is InChI=1S/C23H21NO3/c25-23(15-17-7-3-1-4-8-17)24-20(19-9-5-2-6-10-19)13-18-11-12-21-22(14-18)27-16-26-21/h1-12,14,20H,13,15-16H2,(H,24,25). The van der Waals surface area contributed by atoms with E-state index in [-0.39, 0.29) is 18.7 Å². The smallest absolute Gasteiger partial charge is 0.231 e. The van der Waals surface area contributed by atoms with Gasteiger partial charge in [0.2, 0.25) is 12.7 Å². The first-order valence-corrected chi connectivity index (χ1v) is 9.05. The summed E-state index contributed by atoms with van der Waals surface area (Å²) in [6.45, 7) is 0.259. The van der Waals surface area contributed by atoms with Crippen LogP contribution >= 0.6 is 0 Å². The Morgan fingerprint density at radius 3 is 2.33 bits per heavy atom. The third-order valence-electron chi connectivity index (χ3n) is 4.62. The first-order valence-electron chi connectivity index (χ1n) is 9.05. The number of ether oxygens (including phenoxy) is 2. The zero-order chi connectivity index (χ0) is 18.5. The number of rotatable bonds is 6. The number of carbonyl (C=O) groups excluding carboxylic acids is 1. The Morgan fingerprint density at radius 2 is 1.56 bits per heavy atom. The van der Waals surface area contributed by atoms with E-state index in [2.05, 4.69) is 5.32 Å². The van der Waals surface area contributed by atoms with Crippen LogP contribution in [0.2, 0.25) is 0 Å². The largest absolute Gasteiger partial charge is 0.454 e. The highest BCUT2D eigenvalue weighted by atomic mass is 16.7. The van der Waals surface area contributed by atoms with Crippen LogP contribution < -0.4 is 14.8 Å². The summed E-state index contributed by atoms with van der Waals surface area (Å²) < 4.78 is 10.9. The summed E-state index contributed by atoms with van der Waals surface area (Å²) in [6, 6.07) is 25.7. The summed E-state index contributed by atoms with van der Waals surface area (Å²) in [5, 5.41) is 3.19. The van der Waals surface area contributed by atoms with Crippen LogP contribution in [0.25, 0.3) is 0 Å². The second-order valence-corrected chi connectivity index (χ2v) is 6.58. The van der Waals surface area contributed by atoms with E-state index in [1.807, 2.05) is 78.9 Å². The lowest BCUT2D eigenvalue weighted by Crippen LogP contribution is -2.31. The van der Waals surface area contributed by atoms with Crippen LogP contribution in [0.5, 0.6) is 11.5 Å². The van der Waals surface area contributed by atoms with Crippen molar-refractivity contribution in [1.29, 1.82) is 0 Å². The summed E-state index contributed by atoms with van der Waals surface area (Å²) in [7, 11) is 0. The lowest BCUT2D eigenvalue weighted by Gasteiger charge is -2.20. The highest BCUT2D eigenvalue weighted by molar-refractivity contribution is 5.79. The molecule has 1 amide bonds. The Morgan fingerprint density at radius 1 is 0.852 bits per heavy atom. The van der Waals surface area contributed by atoms with Gasteiger partial charge in [-0.2, -0.15) is 0 Å². The fourth-order valence-corrected chi connectivity index (χ4v) is 3.27. The van der Waals surface area contributed by atoms with Gasteiger partial charge in [0.15, 0.2) is 11.5 Å². The molecule has 1 N–H and O–H groups in total. The van der Waals surface area contributed by atoms with Gasteiger partial charge in [-0.3, -0.25) is 4.79 Å². The SMILES string of the molecule is O=C(Cc1ccccc1)NC(Cc1ccc2c(c1)OCO2)c1ccccc1. The minimum absolute atomic E-state index is 0.01000. The van der Waals surface area contributed by atoms with Crippen molar-refractivity contribution in [2.45, 2.75) is 18.9 Å². The van der Waals surface area contributed by atoms with E-state index in [4.69, 9.17) is 9.47 Å². The van der Waals surface area contributed by atoms with Gasteiger partial charge >= 0.3 is 0 Å². The Hall–Kier alpha value is -3.27. The van der Waals surface area contributed by atoms with Gasteiger partial charge in [-0.25, -0.2) is 0 Å². The van der Waals surface area contributed by atoms with E-state index < -0.39 is 0 Å². The Balaban J connectivity index is 1.51. The minimum atomic E-state index is -0.109. The molecule has 0 aliphatic carbocycles. The second kappa shape index (κ2) is 7.96. The molecule has 0 saturated heterocycles. The number of carbonyl (C=O) groups is 1. The molecule has 3 aromatic carbocycles. The number of amides is 1. The molecule has 3 aromatic rings. The summed E-state index contributed by atoms with van der Waals surface area (Å²) in [5.41, 5.74) is 3.18. The molecule has 1 heterocycles. The molecule has 0 radical (unpaired) electrons. The molecule has 136 valence electrons. The van der Waals surface area contributed by atoms with Gasteiger partial charge in [-0.1, -0.05) is 66.7 Å². The predicted octanol–water partition coefficient (Wildman–Crippen LogP) is 4.06. The molecule has 4 nitrogen and oxygen atoms in total. The van der Waals surface area contributed by atoms with Crippen molar-refractivity contribution < 1.29 is 14.3 Å². The molecule has 1 aliphatic rings. The molecular formula is C23H21NO3. The highest BCUT2D eigenvalue weighted by Crippen LogP contribution is 2.33. The van der Waals surface area contributed by atoms with Crippen molar-refractivity contribution >= 4 is 5.91 Å². The predicted molar refractivity (Wildman–Crippen MR) is 104 cm³/mol. The molecule has 4 heteroatoms. The fraction of sp³-hybridized carbons (Fsp3) is 0.174. The maximum absolute atomic E-state index is 12.6. The lowest BCUT2D eigenvalue weighted by molar-refractivity contribution is -0.121. The van der Waals surface area contributed by atoms with Crippen LogP contribution in [0.4, 0.5) is 0 Å². The van der Waals surface area contributed by atoms with Crippen molar-refractivity contribution in [3.8, 4) is 11.5 Å². The molecule has 27 heavy (non-hydrogen) atoms. The van der Waals surface area contributed by atoms with E-state index in [9.17, 15) is 4.79 Å². The van der Waals surface area contributed by atoms with Crippen LogP contribution in [-0.4, -0.2) is 12.7 Å². The van der Waals surface area contributed by atoms with Crippen molar-refractivity contribution in [2.75, 3.05) is 6.79 Å². The number of hydrogen-bond donors (Lipinski definition) is 1. The average Bonchev–Trinajstić information content (AvgIpc) is 3.17. The summed E-state index contributed by atoms with van der Waals surface area (Å²) >= 11 is 0. The topological polar surface area (TPSA) is 47.6 Å². The molecule has 4 rings (SSSR count). The van der Waals surface area contributed by atoms with Crippen LogP contribution in [0, 0.1) is 0 Å². The molecule has 1 atom stereocenters. The van der Waals surface area contributed by atoms with Crippen LogP contribution in [0.3, 0.4) is 0 Å². The van der Waals surface area contributed by atoms with Gasteiger partial charge < -0.3 is 14.8 Å². The minimum Gasteiger partial charge on any atom is -0.454 e. The maximum Gasteiger partial charge on any atom is 0.231 e. The third-order valence-corrected chi connectivity index (χ3v) is 4.62. The van der Waals surface area contributed by atoms with Crippen LogP contribution in [0.15, 0.2) is 78.9 Å². The Bertz CT molecular complexity index is 909. The second-order valence-electron chi connectivity index (χ2n) is 6.58. The average molecular weight is 359 g/mol. The first-order chi connectivity index (χ1) is 13.3. The fourth-order valence-electron chi connectivity index (χ4n) is 3.27. The van der Waals surface area contributed by atoms with Gasteiger partial charge in [0.25, 0.3) is 0 Å². The van der Waals surface area contributed by atoms with E-state index >= 15 is 0 Å². The monoisotopic (exact) mass is 359 g/mol. The van der Waals surface area contributed by atoms with Crippen molar-refractivity contribution in [1.82, 2.24) is 5.32 Å². The number of hydrogen-bond acceptors (Lipinski definition) is 3. The third kappa shape index (κ3) is 4.29. The van der Waals surface area contributed by atoms with Gasteiger partial charge in [-0.05, 0) is 35.2 Å². The summed E-state index contributed by atoms with van der Waals surface area (Å²) in [4.78, 5) is 12.6. The van der Waals surface area contributed by atoms with Crippen molar-refractivity contribution in [3.05, 3.63) is 95.6 Å². The van der Waals surface area contributed by atoms with Gasteiger partial charge in [0.05, 0.1) is 12.5 Å². The van der Waals surface area contributed by atoms with Crippen molar-refractivity contribution in [3.63, 3.8) is 0 Å². The summed E-state index contributed by atoms with van der Waals surface area (Å²) in [6.07, 6.45) is 1.05. The number of fused-ring (bicyclic) bond motifs is 1. The van der Waals surface area contributed by atoms with E-state index in [0.717, 1.165) is 28.2 Å². The lowest BCUT2D eigenvalue weighted by atomic mass is 9.98. The quantitative estimate of drug-likeness (QED) is 0.722. The zero-order valence-electron chi connectivity index (χ0n) is 14.9. The van der Waals surface area contributed by atoms with E-state index in [1.54, 1.807) is 0 Å². The van der Waals surface area contributed by atoms with Gasteiger partial charge in [0.1, 0.15) is 0 Å². The first kappa shape index (κ1) is 17.2.